The summed E-state index contributed by atoms with van der Waals surface area (Å²) in [5.74, 6) is -1.72. The standard InChI is InChI=1S/C27H30F2N6O2/c1-3-34(4-2)12-8-13-36-25-22(28)15-21(16-23(25)29)32-27-31-18-20(17-30)26(33-27)35-24(11-14-37-35)19-9-6-5-7-10-19/h5-7,9-10,15-16,18,24H,3-4,8,11-14H2,1-2H3,(H,31,32,33). The number of rotatable bonds is 11. The van der Waals surface area contributed by atoms with Crippen molar-refractivity contribution in [1.29, 1.82) is 5.26 Å². The summed E-state index contributed by atoms with van der Waals surface area (Å²) in [5, 5.41) is 14.0. The molecule has 0 amide bonds. The van der Waals surface area contributed by atoms with E-state index in [0.29, 0.717) is 19.4 Å². The minimum Gasteiger partial charge on any atom is -0.488 e. The smallest absolute Gasteiger partial charge is 0.229 e. The van der Waals surface area contributed by atoms with Crippen molar-refractivity contribution in [2.45, 2.75) is 32.7 Å². The van der Waals surface area contributed by atoms with E-state index in [0.717, 1.165) is 37.3 Å². The zero-order valence-corrected chi connectivity index (χ0v) is 21.0. The molecule has 194 valence electrons. The van der Waals surface area contributed by atoms with Gasteiger partial charge in [-0.2, -0.15) is 10.2 Å². The fourth-order valence-corrected chi connectivity index (χ4v) is 4.24. The molecule has 1 aliphatic heterocycles. The molecule has 2 aromatic carbocycles. The lowest BCUT2D eigenvalue weighted by Crippen LogP contribution is -2.25. The Hall–Kier alpha value is -3.81. The van der Waals surface area contributed by atoms with Gasteiger partial charge in [0, 0.05) is 30.8 Å². The number of nitrogens with one attached hydrogen (secondary N) is 1. The molecule has 0 aliphatic carbocycles. The highest BCUT2D eigenvalue weighted by atomic mass is 19.1. The number of anilines is 3. The molecule has 2 heterocycles. The Morgan fingerprint density at radius 3 is 2.59 bits per heavy atom. The number of nitrogens with zero attached hydrogens (tertiary/aromatic N) is 5. The van der Waals surface area contributed by atoms with E-state index in [9.17, 15) is 14.0 Å². The maximum absolute atomic E-state index is 14.7. The van der Waals surface area contributed by atoms with Crippen molar-refractivity contribution >= 4 is 17.5 Å². The average molecular weight is 509 g/mol. The first-order valence-corrected chi connectivity index (χ1v) is 12.4. The number of ether oxygens (including phenoxy) is 1. The van der Waals surface area contributed by atoms with Crippen LogP contribution in [0.3, 0.4) is 0 Å². The first kappa shape index (κ1) is 26.3. The molecule has 0 spiro atoms. The molecule has 0 bridgehead atoms. The molecule has 8 nitrogen and oxygen atoms in total. The van der Waals surface area contributed by atoms with Crippen LogP contribution in [0.2, 0.25) is 0 Å². The predicted molar refractivity (Wildman–Crippen MR) is 137 cm³/mol. The number of aromatic nitrogens is 2. The number of hydrogen-bond acceptors (Lipinski definition) is 8. The van der Waals surface area contributed by atoms with Crippen molar-refractivity contribution in [2.24, 2.45) is 0 Å². The summed E-state index contributed by atoms with van der Waals surface area (Å²) in [6.07, 6.45) is 2.73. The quantitative estimate of drug-likeness (QED) is 0.346. The molecule has 10 heteroatoms. The third kappa shape index (κ3) is 6.31. The first-order chi connectivity index (χ1) is 18.0. The van der Waals surface area contributed by atoms with Crippen LogP contribution >= 0.6 is 0 Å². The number of benzene rings is 2. The van der Waals surface area contributed by atoms with E-state index in [-0.39, 0.29) is 35.7 Å². The molecule has 1 fully saturated rings. The molecule has 1 N–H and O–H groups in total. The maximum Gasteiger partial charge on any atom is 0.229 e. The van der Waals surface area contributed by atoms with Gasteiger partial charge in [0.05, 0.1) is 25.5 Å². The van der Waals surface area contributed by atoms with Crippen molar-refractivity contribution in [3.05, 3.63) is 71.4 Å². The summed E-state index contributed by atoms with van der Waals surface area (Å²) in [4.78, 5) is 16.6. The van der Waals surface area contributed by atoms with Crippen LogP contribution < -0.4 is 15.1 Å². The summed E-state index contributed by atoms with van der Waals surface area (Å²) in [6.45, 7) is 7.41. The Kier molecular flexibility index (Phi) is 8.82. The molecular weight excluding hydrogens is 478 g/mol. The summed E-state index contributed by atoms with van der Waals surface area (Å²) < 4.78 is 34.8. The summed E-state index contributed by atoms with van der Waals surface area (Å²) >= 11 is 0. The van der Waals surface area contributed by atoms with Gasteiger partial charge in [0.25, 0.3) is 0 Å². The largest absolute Gasteiger partial charge is 0.488 e. The zero-order valence-electron chi connectivity index (χ0n) is 21.0. The fourth-order valence-electron chi connectivity index (χ4n) is 4.24. The van der Waals surface area contributed by atoms with Crippen LogP contribution in [0.5, 0.6) is 5.75 Å². The van der Waals surface area contributed by atoms with Crippen LogP contribution in [0.25, 0.3) is 0 Å². The van der Waals surface area contributed by atoms with Gasteiger partial charge in [0.1, 0.15) is 11.6 Å². The molecule has 1 aromatic heterocycles. The van der Waals surface area contributed by atoms with Gasteiger partial charge in [-0.1, -0.05) is 44.2 Å². The van der Waals surface area contributed by atoms with Crippen molar-refractivity contribution in [2.75, 3.05) is 43.2 Å². The van der Waals surface area contributed by atoms with Crippen LogP contribution in [-0.2, 0) is 4.84 Å². The Bertz CT molecular complexity index is 1210. The van der Waals surface area contributed by atoms with E-state index in [4.69, 9.17) is 9.57 Å². The monoisotopic (exact) mass is 508 g/mol. The molecule has 37 heavy (non-hydrogen) atoms. The van der Waals surface area contributed by atoms with Gasteiger partial charge in [-0.3, -0.25) is 4.84 Å². The van der Waals surface area contributed by atoms with Crippen molar-refractivity contribution in [3.63, 3.8) is 0 Å². The molecule has 3 aromatic rings. The summed E-state index contributed by atoms with van der Waals surface area (Å²) in [7, 11) is 0. The van der Waals surface area contributed by atoms with E-state index < -0.39 is 17.4 Å². The third-order valence-electron chi connectivity index (χ3n) is 6.20. The summed E-state index contributed by atoms with van der Waals surface area (Å²) in [5.41, 5.74) is 1.36. The van der Waals surface area contributed by atoms with E-state index >= 15 is 0 Å². The SMILES string of the molecule is CCN(CC)CCCOc1c(F)cc(Nc2ncc(C#N)c(N3OCCC3c3ccccc3)n2)cc1F. The molecule has 4 rings (SSSR count). The second-order valence-electron chi connectivity index (χ2n) is 8.54. The van der Waals surface area contributed by atoms with E-state index in [1.165, 1.54) is 6.20 Å². The van der Waals surface area contributed by atoms with Gasteiger partial charge in [0.15, 0.2) is 23.2 Å². The van der Waals surface area contributed by atoms with Crippen molar-refractivity contribution in [3.8, 4) is 11.8 Å². The molecule has 1 atom stereocenters. The van der Waals surface area contributed by atoms with Gasteiger partial charge in [-0.05, 0) is 25.1 Å². The van der Waals surface area contributed by atoms with Gasteiger partial charge >= 0.3 is 0 Å². The Labute approximate surface area is 215 Å². The average Bonchev–Trinajstić information content (AvgIpc) is 3.40. The van der Waals surface area contributed by atoms with Crippen molar-refractivity contribution in [1.82, 2.24) is 14.9 Å². The van der Waals surface area contributed by atoms with E-state index in [1.54, 1.807) is 5.06 Å². The molecule has 0 radical (unpaired) electrons. The van der Waals surface area contributed by atoms with Crippen LogP contribution in [0.4, 0.5) is 26.2 Å². The van der Waals surface area contributed by atoms with E-state index in [2.05, 4.69) is 40.1 Å². The Balaban J connectivity index is 1.49. The van der Waals surface area contributed by atoms with Gasteiger partial charge in [-0.15, -0.1) is 0 Å². The Morgan fingerprint density at radius 1 is 1.19 bits per heavy atom. The normalized spacial score (nSPS) is 15.1. The van der Waals surface area contributed by atoms with Crippen LogP contribution in [0.1, 0.15) is 43.9 Å². The fraction of sp³-hybridized carbons (Fsp3) is 0.370. The van der Waals surface area contributed by atoms with Crippen LogP contribution in [0, 0.1) is 23.0 Å². The molecule has 1 unspecified atom stereocenters. The number of nitriles is 1. The topological polar surface area (TPSA) is 86.5 Å². The lowest BCUT2D eigenvalue weighted by atomic mass is 10.0. The molecular formula is C27H30F2N6O2. The zero-order chi connectivity index (χ0) is 26.2. The van der Waals surface area contributed by atoms with E-state index in [1.807, 2.05) is 30.3 Å². The minimum atomic E-state index is -0.828. The summed E-state index contributed by atoms with van der Waals surface area (Å²) in [6, 6.07) is 14.0. The highest BCUT2D eigenvalue weighted by Crippen LogP contribution is 2.36. The molecule has 1 aliphatic rings. The Morgan fingerprint density at radius 2 is 1.92 bits per heavy atom. The first-order valence-electron chi connectivity index (χ1n) is 12.4. The maximum atomic E-state index is 14.7. The van der Waals surface area contributed by atoms with Crippen LogP contribution in [0.15, 0.2) is 48.7 Å². The van der Waals surface area contributed by atoms with Gasteiger partial charge < -0.3 is 15.0 Å². The van der Waals surface area contributed by atoms with Crippen molar-refractivity contribution < 1.29 is 18.4 Å². The lowest BCUT2D eigenvalue weighted by molar-refractivity contribution is 0.156. The number of halogens is 2. The van der Waals surface area contributed by atoms with Gasteiger partial charge in [0.2, 0.25) is 5.95 Å². The predicted octanol–water partition coefficient (Wildman–Crippen LogP) is 5.36. The van der Waals surface area contributed by atoms with Gasteiger partial charge in [-0.25, -0.2) is 18.8 Å². The molecule has 1 saturated heterocycles. The highest BCUT2D eigenvalue weighted by Gasteiger charge is 2.31. The lowest BCUT2D eigenvalue weighted by Gasteiger charge is -2.24. The highest BCUT2D eigenvalue weighted by molar-refractivity contribution is 5.60. The second kappa shape index (κ2) is 12.4. The minimum absolute atomic E-state index is 0.0722. The third-order valence-corrected chi connectivity index (χ3v) is 6.20. The van der Waals surface area contributed by atoms with Crippen LogP contribution in [-0.4, -0.2) is 47.7 Å². The molecule has 0 saturated carbocycles. The second-order valence-corrected chi connectivity index (χ2v) is 8.54. The number of hydrogen-bond donors (Lipinski definition) is 1. The number of hydroxylamine groups is 1.